The van der Waals surface area contributed by atoms with Gasteiger partial charge in [0.1, 0.15) is 0 Å². The summed E-state index contributed by atoms with van der Waals surface area (Å²) < 4.78 is 0. The van der Waals surface area contributed by atoms with Crippen molar-refractivity contribution in [3.05, 3.63) is 5.21 Å². The first-order valence-corrected chi connectivity index (χ1v) is 3.91. The topological polar surface area (TPSA) is 35.1 Å². The normalized spacial score (nSPS) is 10.7. The van der Waals surface area contributed by atoms with E-state index in [1.165, 1.54) is 0 Å². The standard InChI is InChI=1S/C5H10Cl2NO/c6-3-1-5(8-9)2-4-7/h5,8H,1-4H2/q-1. The van der Waals surface area contributed by atoms with Crippen molar-refractivity contribution in [3.8, 4) is 0 Å². The maximum atomic E-state index is 10.0. The molecule has 9 heavy (non-hydrogen) atoms. The minimum absolute atomic E-state index is 0.0556. The van der Waals surface area contributed by atoms with Gasteiger partial charge in [0.2, 0.25) is 0 Å². The molecule has 0 amide bonds. The van der Waals surface area contributed by atoms with E-state index in [4.69, 9.17) is 23.2 Å². The lowest BCUT2D eigenvalue weighted by atomic mass is 10.2. The van der Waals surface area contributed by atoms with Gasteiger partial charge >= 0.3 is 0 Å². The van der Waals surface area contributed by atoms with Crippen molar-refractivity contribution in [2.45, 2.75) is 18.9 Å². The van der Waals surface area contributed by atoms with E-state index in [1.807, 2.05) is 5.48 Å². The van der Waals surface area contributed by atoms with Crippen LogP contribution in [0.4, 0.5) is 0 Å². The molecule has 0 heterocycles. The van der Waals surface area contributed by atoms with Crippen LogP contribution in [0, 0.1) is 5.21 Å². The molecule has 0 aromatic heterocycles. The van der Waals surface area contributed by atoms with Gasteiger partial charge in [-0.1, -0.05) is 0 Å². The first-order valence-electron chi connectivity index (χ1n) is 2.84. The number of nitrogens with one attached hydrogen (secondary N) is 1. The predicted molar refractivity (Wildman–Crippen MR) is 41.0 cm³/mol. The number of halogens is 2. The van der Waals surface area contributed by atoms with Gasteiger partial charge < -0.3 is 10.7 Å². The smallest absolute Gasteiger partial charge is 0.0237 e. The van der Waals surface area contributed by atoms with Crippen LogP contribution < -0.4 is 5.48 Å². The van der Waals surface area contributed by atoms with Crippen LogP contribution >= 0.6 is 23.2 Å². The molecule has 56 valence electrons. The summed E-state index contributed by atoms with van der Waals surface area (Å²) in [5.41, 5.74) is 1.89. The fourth-order valence-electron chi connectivity index (χ4n) is 0.526. The molecule has 0 aliphatic heterocycles. The summed E-state index contributed by atoms with van der Waals surface area (Å²) >= 11 is 10.8. The van der Waals surface area contributed by atoms with E-state index < -0.39 is 0 Å². The minimum Gasteiger partial charge on any atom is -0.788 e. The second kappa shape index (κ2) is 6.62. The highest BCUT2D eigenvalue weighted by atomic mass is 35.5. The minimum atomic E-state index is -0.0556. The molecule has 0 radical (unpaired) electrons. The third-order valence-electron chi connectivity index (χ3n) is 1.08. The molecule has 0 saturated carbocycles. The monoisotopic (exact) mass is 170 g/mol. The Labute approximate surface area is 65.1 Å². The number of hydrogen-bond donors (Lipinski definition) is 1. The van der Waals surface area contributed by atoms with Crippen molar-refractivity contribution in [1.82, 2.24) is 5.48 Å². The molecule has 1 N–H and O–H groups in total. The third kappa shape index (κ3) is 4.97. The van der Waals surface area contributed by atoms with Crippen LogP contribution in [0.1, 0.15) is 12.8 Å². The lowest BCUT2D eigenvalue weighted by molar-refractivity contribution is 0.558. The average Bonchev–Trinajstić information content (AvgIpc) is 1.88. The molecular formula is C5H10Cl2NO-. The van der Waals surface area contributed by atoms with E-state index in [-0.39, 0.29) is 6.04 Å². The molecule has 0 atom stereocenters. The van der Waals surface area contributed by atoms with Crippen LogP contribution in [-0.2, 0) is 0 Å². The van der Waals surface area contributed by atoms with Crippen LogP contribution in [0.5, 0.6) is 0 Å². The van der Waals surface area contributed by atoms with E-state index in [0.29, 0.717) is 24.6 Å². The summed E-state index contributed by atoms with van der Waals surface area (Å²) in [6.45, 7) is 0. The molecule has 0 aliphatic carbocycles. The molecule has 0 rings (SSSR count). The Bertz CT molecular complexity index is 56.9. The van der Waals surface area contributed by atoms with Gasteiger partial charge in [-0.3, -0.25) is 0 Å². The fourth-order valence-corrected chi connectivity index (χ4v) is 1.05. The number of hydroxylamine groups is 1. The summed E-state index contributed by atoms with van der Waals surface area (Å²) in [7, 11) is 0. The highest BCUT2D eigenvalue weighted by Gasteiger charge is 1.99. The van der Waals surface area contributed by atoms with Gasteiger partial charge in [0.25, 0.3) is 0 Å². The Morgan fingerprint density at radius 2 is 1.67 bits per heavy atom. The molecule has 0 aliphatic rings. The van der Waals surface area contributed by atoms with Crippen molar-refractivity contribution in [3.63, 3.8) is 0 Å². The van der Waals surface area contributed by atoms with Gasteiger partial charge in [-0.05, 0) is 18.9 Å². The molecule has 0 aromatic rings. The van der Waals surface area contributed by atoms with E-state index >= 15 is 0 Å². The summed E-state index contributed by atoms with van der Waals surface area (Å²) in [6.07, 6.45) is 1.38. The Morgan fingerprint density at radius 3 is 1.89 bits per heavy atom. The molecule has 0 fully saturated rings. The van der Waals surface area contributed by atoms with E-state index in [0.717, 1.165) is 0 Å². The molecule has 0 unspecified atom stereocenters. The molecule has 2 nitrogen and oxygen atoms in total. The average molecular weight is 171 g/mol. The van der Waals surface area contributed by atoms with Gasteiger partial charge in [-0.15, -0.1) is 23.2 Å². The summed E-state index contributed by atoms with van der Waals surface area (Å²) in [4.78, 5) is 0. The first kappa shape index (κ1) is 9.50. The zero-order chi connectivity index (χ0) is 7.11. The first-order chi connectivity index (χ1) is 4.35. The van der Waals surface area contributed by atoms with Crippen molar-refractivity contribution < 1.29 is 0 Å². The molecule has 0 bridgehead atoms. The van der Waals surface area contributed by atoms with Gasteiger partial charge in [0, 0.05) is 11.8 Å². The van der Waals surface area contributed by atoms with E-state index in [9.17, 15) is 5.21 Å². The van der Waals surface area contributed by atoms with Gasteiger partial charge in [-0.25, -0.2) is 0 Å². The van der Waals surface area contributed by atoms with E-state index in [2.05, 4.69) is 0 Å². The summed E-state index contributed by atoms with van der Waals surface area (Å²) in [5.74, 6) is 1.02. The largest absolute Gasteiger partial charge is 0.788 e. The maximum Gasteiger partial charge on any atom is 0.0237 e. The van der Waals surface area contributed by atoms with E-state index in [1.54, 1.807) is 0 Å². The molecule has 0 saturated heterocycles. The predicted octanol–water partition coefficient (Wildman–Crippen LogP) is 1.70. The molecule has 0 spiro atoms. The second-order valence-electron chi connectivity index (χ2n) is 1.77. The number of hydrogen-bond acceptors (Lipinski definition) is 2. The Balaban J connectivity index is 3.18. The molecule has 0 aromatic carbocycles. The van der Waals surface area contributed by atoms with Crippen LogP contribution in [0.2, 0.25) is 0 Å². The highest BCUT2D eigenvalue weighted by molar-refractivity contribution is 6.18. The summed E-state index contributed by atoms with van der Waals surface area (Å²) in [5, 5.41) is 10.0. The quantitative estimate of drug-likeness (QED) is 0.504. The van der Waals surface area contributed by atoms with Crippen LogP contribution in [0.3, 0.4) is 0 Å². The fraction of sp³-hybridized carbons (Fsp3) is 1.00. The van der Waals surface area contributed by atoms with Crippen LogP contribution in [-0.4, -0.2) is 17.8 Å². The zero-order valence-electron chi connectivity index (χ0n) is 5.07. The SMILES string of the molecule is [O-]NC(CCCl)CCCl. The van der Waals surface area contributed by atoms with Crippen molar-refractivity contribution in [2.75, 3.05) is 11.8 Å². The second-order valence-corrected chi connectivity index (χ2v) is 2.53. The zero-order valence-corrected chi connectivity index (χ0v) is 6.58. The Morgan fingerprint density at radius 1 is 1.22 bits per heavy atom. The Kier molecular flexibility index (Phi) is 6.99. The van der Waals surface area contributed by atoms with Crippen molar-refractivity contribution >= 4 is 23.2 Å². The van der Waals surface area contributed by atoms with Gasteiger partial charge in [0.05, 0.1) is 0 Å². The van der Waals surface area contributed by atoms with Crippen LogP contribution in [0.15, 0.2) is 0 Å². The molecule has 4 heteroatoms. The molecular weight excluding hydrogens is 161 g/mol. The van der Waals surface area contributed by atoms with Crippen LogP contribution in [0.25, 0.3) is 0 Å². The number of rotatable bonds is 5. The van der Waals surface area contributed by atoms with Crippen molar-refractivity contribution in [2.24, 2.45) is 0 Å². The van der Waals surface area contributed by atoms with Crippen molar-refractivity contribution in [1.29, 1.82) is 0 Å². The number of alkyl halides is 2. The van der Waals surface area contributed by atoms with Gasteiger partial charge in [-0.2, -0.15) is 0 Å². The lowest BCUT2D eigenvalue weighted by Gasteiger charge is -2.19. The maximum absolute atomic E-state index is 10.0. The lowest BCUT2D eigenvalue weighted by Crippen LogP contribution is -2.24. The highest BCUT2D eigenvalue weighted by Crippen LogP contribution is 2.00. The van der Waals surface area contributed by atoms with Gasteiger partial charge in [0.15, 0.2) is 0 Å². The third-order valence-corrected chi connectivity index (χ3v) is 1.52. The Hall–Kier alpha value is 0.500. The summed E-state index contributed by atoms with van der Waals surface area (Å²) in [6, 6.07) is -0.0556.